The molecule has 1 aromatic carbocycles. The van der Waals surface area contributed by atoms with Crippen LogP contribution in [0.2, 0.25) is 0 Å². The van der Waals surface area contributed by atoms with Gasteiger partial charge in [0.1, 0.15) is 5.82 Å². The molecule has 0 bridgehead atoms. The Morgan fingerprint density at radius 2 is 1.77 bits per heavy atom. The molecule has 0 spiro atoms. The normalized spacial score (nSPS) is 25.1. The summed E-state index contributed by atoms with van der Waals surface area (Å²) >= 11 is 2.44. The summed E-state index contributed by atoms with van der Waals surface area (Å²) < 4.78 is 2.41. The van der Waals surface area contributed by atoms with Crippen molar-refractivity contribution < 1.29 is 4.79 Å². The van der Waals surface area contributed by atoms with Crippen molar-refractivity contribution in [3.05, 3.63) is 36.4 Å². The van der Waals surface area contributed by atoms with E-state index < -0.39 is 0 Å². The second kappa shape index (κ2) is 7.48. The molecule has 2 heterocycles. The molecule has 1 amide bonds. The molecule has 136 valence electrons. The van der Waals surface area contributed by atoms with E-state index in [2.05, 4.69) is 46.8 Å². The molecule has 2 aromatic rings. The van der Waals surface area contributed by atoms with Crippen LogP contribution in [0.25, 0.3) is 11.3 Å². The number of carbonyl (C=O) groups is 1. The van der Waals surface area contributed by atoms with Crippen LogP contribution in [0, 0.1) is 11.8 Å². The molecule has 26 heavy (non-hydrogen) atoms. The van der Waals surface area contributed by atoms with Crippen molar-refractivity contribution in [3.63, 3.8) is 0 Å². The zero-order chi connectivity index (χ0) is 18.1. The monoisotopic (exact) mass is 463 g/mol. The van der Waals surface area contributed by atoms with Crippen molar-refractivity contribution in [2.24, 2.45) is 11.8 Å². The quantitative estimate of drug-likeness (QED) is 0.536. The van der Waals surface area contributed by atoms with Crippen LogP contribution in [-0.4, -0.2) is 38.3 Å². The topological polar surface area (TPSA) is 70.2 Å². The number of nitrogens with zero attached hydrogens (tertiary/aromatic N) is 3. The SMILES string of the molecule is CC(=O)Nc1ccc(-c2ccc(NC3CC4CN(I)C[C@H]4C3)nn2)cc1. The van der Waals surface area contributed by atoms with E-state index >= 15 is 0 Å². The number of rotatable bonds is 4. The summed E-state index contributed by atoms with van der Waals surface area (Å²) in [5.74, 6) is 2.41. The first-order valence-corrected chi connectivity index (χ1v) is 9.92. The Bertz CT molecular complexity index is 766. The molecule has 2 N–H and O–H groups in total. The maximum Gasteiger partial charge on any atom is 0.221 e. The van der Waals surface area contributed by atoms with Gasteiger partial charge in [-0.05, 0) is 48.9 Å². The Morgan fingerprint density at radius 1 is 1.08 bits per heavy atom. The molecule has 3 atom stereocenters. The average Bonchev–Trinajstić information content (AvgIpc) is 3.12. The third-order valence-corrected chi connectivity index (χ3v) is 6.01. The molecule has 1 aliphatic carbocycles. The van der Waals surface area contributed by atoms with Gasteiger partial charge in [-0.25, -0.2) is 3.11 Å². The van der Waals surface area contributed by atoms with E-state index in [0.717, 1.165) is 34.6 Å². The van der Waals surface area contributed by atoms with Crippen LogP contribution >= 0.6 is 22.9 Å². The molecule has 4 rings (SSSR count). The van der Waals surface area contributed by atoms with E-state index in [4.69, 9.17) is 0 Å². The zero-order valence-electron chi connectivity index (χ0n) is 14.7. The number of benzene rings is 1. The predicted molar refractivity (Wildman–Crippen MR) is 111 cm³/mol. The molecule has 2 fully saturated rings. The van der Waals surface area contributed by atoms with Gasteiger partial charge >= 0.3 is 0 Å². The molecular weight excluding hydrogens is 441 g/mol. The minimum absolute atomic E-state index is 0.0739. The summed E-state index contributed by atoms with van der Waals surface area (Å²) in [6.45, 7) is 3.92. The van der Waals surface area contributed by atoms with Gasteiger partial charge in [-0.15, -0.1) is 10.2 Å². The van der Waals surface area contributed by atoms with Gasteiger partial charge in [0.2, 0.25) is 5.91 Å². The Balaban J connectivity index is 1.37. The molecule has 7 heteroatoms. The number of hydrogen-bond acceptors (Lipinski definition) is 5. The maximum atomic E-state index is 11.1. The first-order chi connectivity index (χ1) is 12.6. The van der Waals surface area contributed by atoms with Crippen LogP contribution in [0.1, 0.15) is 19.8 Å². The van der Waals surface area contributed by atoms with Gasteiger partial charge in [0.15, 0.2) is 0 Å². The lowest BCUT2D eigenvalue weighted by molar-refractivity contribution is -0.114. The van der Waals surface area contributed by atoms with Crippen LogP contribution in [0.4, 0.5) is 11.5 Å². The lowest BCUT2D eigenvalue weighted by Crippen LogP contribution is -2.20. The second-order valence-electron chi connectivity index (χ2n) is 7.22. The predicted octanol–water partition coefficient (Wildman–Crippen LogP) is 3.57. The Hall–Kier alpha value is -1.74. The van der Waals surface area contributed by atoms with Gasteiger partial charge in [-0.3, -0.25) is 4.79 Å². The molecular formula is C19H22IN5O. The number of fused-ring (bicyclic) bond motifs is 1. The smallest absolute Gasteiger partial charge is 0.221 e. The maximum absolute atomic E-state index is 11.1. The summed E-state index contributed by atoms with van der Waals surface area (Å²) in [5.41, 5.74) is 2.59. The van der Waals surface area contributed by atoms with E-state index in [9.17, 15) is 4.79 Å². The fraction of sp³-hybridized carbons (Fsp3) is 0.421. The van der Waals surface area contributed by atoms with Gasteiger partial charge in [0, 0.05) is 60.2 Å². The molecule has 1 aromatic heterocycles. The van der Waals surface area contributed by atoms with E-state index in [1.165, 1.54) is 32.9 Å². The fourth-order valence-electron chi connectivity index (χ4n) is 4.06. The summed E-state index contributed by atoms with van der Waals surface area (Å²) in [4.78, 5) is 11.1. The van der Waals surface area contributed by atoms with Gasteiger partial charge < -0.3 is 10.6 Å². The number of carbonyl (C=O) groups excluding carboxylic acids is 1. The van der Waals surface area contributed by atoms with Gasteiger partial charge in [-0.2, -0.15) is 0 Å². The number of hydrogen-bond donors (Lipinski definition) is 2. The van der Waals surface area contributed by atoms with E-state index in [1.807, 2.05) is 36.4 Å². The van der Waals surface area contributed by atoms with E-state index in [-0.39, 0.29) is 5.91 Å². The van der Waals surface area contributed by atoms with Crippen LogP contribution in [-0.2, 0) is 4.79 Å². The molecule has 0 radical (unpaired) electrons. The number of halogens is 1. The molecule has 1 saturated carbocycles. The molecule has 2 unspecified atom stereocenters. The Kier molecular flexibility index (Phi) is 5.08. The van der Waals surface area contributed by atoms with Crippen molar-refractivity contribution in [1.29, 1.82) is 0 Å². The van der Waals surface area contributed by atoms with Crippen molar-refractivity contribution in [3.8, 4) is 11.3 Å². The van der Waals surface area contributed by atoms with Gasteiger partial charge in [0.25, 0.3) is 0 Å². The fourth-order valence-corrected chi connectivity index (χ4v) is 5.07. The van der Waals surface area contributed by atoms with E-state index in [0.29, 0.717) is 6.04 Å². The highest BCUT2D eigenvalue weighted by molar-refractivity contribution is 14.1. The lowest BCUT2D eigenvalue weighted by Gasteiger charge is -2.15. The number of amides is 1. The van der Waals surface area contributed by atoms with Crippen molar-refractivity contribution in [2.45, 2.75) is 25.8 Å². The third kappa shape index (κ3) is 3.98. The second-order valence-corrected chi connectivity index (χ2v) is 8.59. The average molecular weight is 463 g/mol. The minimum atomic E-state index is -0.0739. The van der Waals surface area contributed by atoms with Crippen LogP contribution in [0.5, 0.6) is 0 Å². The lowest BCUT2D eigenvalue weighted by atomic mass is 10.0. The molecule has 6 nitrogen and oxygen atoms in total. The highest BCUT2D eigenvalue weighted by Gasteiger charge is 2.40. The van der Waals surface area contributed by atoms with Crippen LogP contribution in [0.3, 0.4) is 0 Å². The summed E-state index contributed by atoms with van der Waals surface area (Å²) in [7, 11) is 0. The molecule has 1 saturated heterocycles. The Labute approximate surface area is 167 Å². The number of anilines is 2. The standard InChI is InChI=1S/C19H22IN5O/c1-12(26)21-16-4-2-13(3-5-16)18-6-7-19(24-23-18)22-17-8-14-10-25(20)11-15(14)9-17/h2-7,14-15,17H,8-11H2,1H3,(H,21,26)(H,22,24)/t14-,15?,17?/m1/s1. The van der Waals surface area contributed by atoms with Crippen LogP contribution in [0.15, 0.2) is 36.4 Å². The first-order valence-electron chi connectivity index (χ1n) is 8.96. The number of aromatic nitrogens is 2. The molecule has 1 aliphatic heterocycles. The third-order valence-electron chi connectivity index (χ3n) is 5.22. The summed E-state index contributed by atoms with van der Waals surface area (Å²) in [6.07, 6.45) is 2.44. The zero-order valence-corrected chi connectivity index (χ0v) is 16.8. The Morgan fingerprint density at radius 3 is 2.35 bits per heavy atom. The minimum Gasteiger partial charge on any atom is -0.366 e. The highest BCUT2D eigenvalue weighted by Crippen LogP contribution is 2.40. The van der Waals surface area contributed by atoms with Gasteiger partial charge in [-0.1, -0.05) is 12.1 Å². The van der Waals surface area contributed by atoms with Crippen molar-refractivity contribution in [2.75, 3.05) is 23.7 Å². The number of nitrogens with one attached hydrogen (secondary N) is 2. The van der Waals surface area contributed by atoms with Crippen molar-refractivity contribution >= 4 is 40.3 Å². The largest absolute Gasteiger partial charge is 0.366 e. The molecule has 2 aliphatic rings. The van der Waals surface area contributed by atoms with E-state index in [1.54, 1.807) is 0 Å². The summed E-state index contributed by atoms with van der Waals surface area (Å²) in [5, 5.41) is 15.0. The first kappa shape index (κ1) is 17.7. The highest BCUT2D eigenvalue weighted by atomic mass is 127. The van der Waals surface area contributed by atoms with Gasteiger partial charge in [0.05, 0.1) is 5.69 Å². The van der Waals surface area contributed by atoms with Crippen LogP contribution < -0.4 is 10.6 Å². The van der Waals surface area contributed by atoms with Crippen molar-refractivity contribution in [1.82, 2.24) is 13.3 Å². The summed E-state index contributed by atoms with van der Waals surface area (Å²) in [6, 6.07) is 12.1.